The molecule has 0 saturated heterocycles. The van der Waals surface area contributed by atoms with Crippen LogP contribution in [-0.2, 0) is 33.3 Å². The molecule has 8 heteroatoms. The van der Waals surface area contributed by atoms with E-state index < -0.39 is 29.7 Å². The third kappa shape index (κ3) is 6.29. The molecule has 2 aromatic rings. The molecule has 27 heavy (non-hydrogen) atoms. The molecule has 0 aliphatic heterocycles. The van der Waals surface area contributed by atoms with Gasteiger partial charge < -0.3 is 10.1 Å². The minimum atomic E-state index is -4.44. The molecular formula is C19H17ClF3NO3. The van der Waals surface area contributed by atoms with Gasteiger partial charge in [0.25, 0.3) is 0 Å². The van der Waals surface area contributed by atoms with E-state index in [4.69, 9.17) is 16.3 Å². The highest BCUT2D eigenvalue weighted by molar-refractivity contribution is 6.30. The predicted octanol–water partition coefficient (Wildman–Crippen LogP) is 3.80. The number of rotatable bonds is 6. The molecule has 0 aromatic heterocycles. The zero-order chi connectivity index (χ0) is 20.0. The minimum Gasteiger partial charge on any atom is -0.467 e. The average molecular weight is 400 g/mol. The fourth-order valence-electron chi connectivity index (χ4n) is 2.43. The Hall–Kier alpha value is -2.54. The van der Waals surface area contributed by atoms with E-state index >= 15 is 0 Å². The molecular weight excluding hydrogens is 383 g/mol. The lowest BCUT2D eigenvalue weighted by atomic mass is 10.0. The monoisotopic (exact) mass is 399 g/mol. The Morgan fingerprint density at radius 3 is 2.11 bits per heavy atom. The number of methoxy groups -OCH3 is 1. The summed E-state index contributed by atoms with van der Waals surface area (Å²) < 4.78 is 42.4. The van der Waals surface area contributed by atoms with Crippen LogP contribution in [0.3, 0.4) is 0 Å². The number of esters is 1. The second-order valence-corrected chi connectivity index (χ2v) is 6.28. The molecule has 0 aliphatic rings. The maximum atomic E-state index is 12.6. The van der Waals surface area contributed by atoms with Crippen molar-refractivity contribution in [1.82, 2.24) is 5.32 Å². The van der Waals surface area contributed by atoms with Crippen LogP contribution in [0.4, 0.5) is 13.2 Å². The summed E-state index contributed by atoms with van der Waals surface area (Å²) in [4.78, 5) is 24.1. The lowest BCUT2D eigenvalue weighted by molar-refractivity contribution is -0.145. The topological polar surface area (TPSA) is 55.4 Å². The summed E-state index contributed by atoms with van der Waals surface area (Å²) in [7, 11) is 1.21. The largest absolute Gasteiger partial charge is 0.467 e. The summed E-state index contributed by atoms with van der Waals surface area (Å²) in [6, 6.07) is 10.1. The highest BCUT2D eigenvalue weighted by Gasteiger charge is 2.30. The molecule has 1 amide bonds. The van der Waals surface area contributed by atoms with E-state index in [1.54, 1.807) is 24.3 Å². The minimum absolute atomic E-state index is 0.160. The number of hydrogen-bond acceptors (Lipinski definition) is 3. The van der Waals surface area contributed by atoms with E-state index in [2.05, 4.69) is 5.32 Å². The van der Waals surface area contributed by atoms with Crippen molar-refractivity contribution in [3.63, 3.8) is 0 Å². The van der Waals surface area contributed by atoms with Crippen LogP contribution in [-0.4, -0.2) is 25.0 Å². The van der Waals surface area contributed by atoms with Crippen molar-refractivity contribution in [1.29, 1.82) is 0 Å². The SMILES string of the molecule is COC(=O)[C@H](Cc1ccc(Cl)cc1)NC(=O)Cc1ccc(C(F)(F)F)cc1. The third-order valence-corrected chi connectivity index (χ3v) is 4.07. The number of carbonyl (C=O) groups is 2. The Kier molecular flexibility index (Phi) is 6.85. The lowest BCUT2D eigenvalue weighted by Gasteiger charge is -2.17. The van der Waals surface area contributed by atoms with Gasteiger partial charge in [0.05, 0.1) is 19.1 Å². The molecule has 144 valence electrons. The lowest BCUT2D eigenvalue weighted by Crippen LogP contribution is -2.43. The first kappa shape index (κ1) is 20.8. The number of amides is 1. The van der Waals surface area contributed by atoms with Crippen molar-refractivity contribution in [2.24, 2.45) is 0 Å². The number of benzene rings is 2. The molecule has 0 radical (unpaired) electrons. The average Bonchev–Trinajstić information content (AvgIpc) is 2.62. The quantitative estimate of drug-likeness (QED) is 0.752. The van der Waals surface area contributed by atoms with Crippen molar-refractivity contribution in [3.05, 3.63) is 70.2 Å². The fourth-order valence-corrected chi connectivity index (χ4v) is 2.56. The molecule has 0 aliphatic carbocycles. The summed E-state index contributed by atoms with van der Waals surface area (Å²) in [5.74, 6) is -1.12. The van der Waals surface area contributed by atoms with Crippen LogP contribution < -0.4 is 5.32 Å². The Morgan fingerprint density at radius 2 is 1.59 bits per heavy atom. The van der Waals surface area contributed by atoms with Gasteiger partial charge in [0.15, 0.2) is 0 Å². The van der Waals surface area contributed by atoms with E-state index in [-0.39, 0.29) is 12.8 Å². The van der Waals surface area contributed by atoms with Gasteiger partial charge in [0, 0.05) is 11.4 Å². The smallest absolute Gasteiger partial charge is 0.416 e. The number of alkyl halides is 3. The van der Waals surface area contributed by atoms with Crippen LogP contribution in [0.15, 0.2) is 48.5 Å². The van der Waals surface area contributed by atoms with Crippen LogP contribution in [0, 0.1) is 0 Å². The highest BCUT2D eigenvalue weighted by atomic mass is 35.5. The summed E-state index contributed by atoms with van der Waals surface area (Å²) in [6.45, 7) is 0. The third-order valence-electron chi connectivity index (χ3n) is 3.82. The van der Waals surface area contributed by atoms with Gasteiger partial charge in [-0.1, -0.05) is 35.9 Å². The van der Waals surface area contributed by atoms with E-state index in [0.717, 1.165) is 17.7 Å². The molecule has 0 bridgehead atoms. The summed E-state index contributed by atoms with van der Waals surface area (Å²) in [6.07, 6.45) is -4.40. The Balaban J connectivity index is 2.02. The molecule has 2 rings (SSSR count). The summed E-state index contributed by atoms with van der Waals surface area (Å²) in [5.41, 5.74) is 0.377. The van der Waals surface area contributed by atoms with E-state index in [0.29, 0.717) is 10.6 Å². The second kappa shape index (κ2) is 8.90. The van der Waals surface area contributed by atoms with Crippen LogP contribution in [0.25, 0.3) is 0 Å². The normalized spacial score (nSPS) is 12.3. The van der Waals surface area contributed by atoms with Gasteiger partial charge in [-0.25, -0.2) is 4.79 Å². The Labute approximate surface area is 159 Å². The zero-order valence-electron chi connectivity index (χ0n) is 14.3. The fraction of sp³-hybridized carbons (Fsp3) is 0.263. The number of ether oxygens (including phenoxy) is 1. The van der Waals surface area contributed by atoms with Crippen molar-refractivity contribution < 1.29 is 27.5 Å². The summed E-state index contributed by atoms with van der Waals surface area (Å²) in [5, 5.41) is 3.10. The first-order valence-electron chi connectivity index (χ1n) is 7.97. The van der Waals surface area contributed by atoms with Gasteiger partial charge in [0.1, 0.15) is 6.04 Å². The Morgan fingerprint density at radius 1 is 1.04 bits per heavy atom. The predicted molar refractivity (Wildman–Crippen MR) is 94.3 cm³/mol. The molecule has 0 fully saturated rings. The first-order valence-corrected chi connectivity index (χ1v) is 8.34. The second-order valence-electron chi connectivity index (χ2n) is 5.85. The molecule has 1 atom stereocenters. The molecule has 4 nitrogen and oxygen atoms in total. The van der Waals surface area contributed by atoms with Gasteiger partial charge >= 0.3 is 12.1 Å². The highest BCUT2D eigenvalue weighted by Crippen LogP contribution is 2.29. The standard InChI is InChI=1S/C19H17ClF3NO3/c1-27-18(26)16(10-12-4-8-15(20)9-5-12)24-17(25)11-13-2-6-14(7-3-13)19(21,22)23/h2-9,16H,10-11H2,1H3,(H,24,25)/t16-/m0/s1. The van der Waals surface area contributed by atoms with Crippen LogP contribution in [0.5, 0.6) is 0 Å². The van der Waals surface area contributed by atoms with E-state index in [1.165, 1.54) is 19.2 Å². The molecule has 2 aromatic carbocycles. The van der Waals surface area contributed by atoms with Gasteiger partial charge in [0.2, 0.25) is 5.91 Å². The number of halogens is 4. The number of hydrogen-bond donors (Lipinski definition) is 1. The maximum Gasteiger partial charge on any atom is 0.416 e. The van der Waals surface area contributed by atoms with Gasteiger partial charge in [-0.05, 0) is 35.4 Å². The van der Waals surface area contributed by atoms with E-state index in [1.807, 2.05) is 0 Å². The molecule has 0 unspecified atom stereocenters. The van der Waals surface area contributed by atoms with Gasteiger partial charge in [-0.3, -0.25) is 4.79 Å². The molecule has 0 saturated carbocycles. The maximum absolute atomic E-state index is 12.6. The van der Waals surface area contributed by atoms with E-state index in [9.17, 15) is 22.8 Å². The van der Waals surface area contributed by atoms with Gasteiger partial charge in [-0.2, -0.15) is 13.2 Å². The first-order chi connectivity index (χ1) is 12.7. The molecule has 0 heterocycles. The molecule has 0 spiro atoms. The van der Waals surface area contributed by atoms with Crippen molar-refractivity contribution in [2.45, 2.75) is 25.1 Å². The van der Waals surface area contributed by atoms with Crippen LogP contribution in [0.1, 0.15) is 16.7 Å². The van der Waals surface area contributed by atoms with Gasteiger partial charge in [-0.15, -0.1) is 0 Å². The zero-order valence-corrected chi connectivity index (χ0v) is 15.1. The van der Waals surface area contributed by atoms with Crippen LogP contribution >= 0.6 is 11.6 Å². The van der Waals surface area contributed by atoms with Crippen LogP contribution in [0.2, 0.25) is 5.02 Å². The van der Waals surface area contributed by atoms with Crippen molar-refractivity contribution >= 4 is 23.5 Å². The van der Waals surface area contributed by atoms with Crippen molar-refractivity contribution in [2.75, 3.05) is 7.11 Å². The summed E-state index contributed by atoms with van der Waals surface area (Å²) >= 11 is 5.82. The molecule has 1 N–H and O–H groups in total. The Bertz CT molecular complexity index is 789. The number of nitrogens with one attached hydrogen (secondary N) is 1. The van der Waals surface area contributed by atoms with Crippen molar-refractivity contribution in [3.8, 4) is 0 Å². The number of carbonyl (C=O) groups excluding carboxylic acids is 2.